The fourth-order valence-corrected chi connectivity index (χ4v) is 2.93. The van der Waals surface area contributed by atoms with Gasteiger partial charge in [0.1, 0.15) is 0 Å². The largest absolute Gasteiger partial charge is 0.303 e. The van der Waals surface area contributed by atoms with Crippen LogP contribution in [0.4, 0.5) is 0 Å². The lowest BCUT2D eigenvalue weighted by Gasteiger charge is -2.32. The smallest absolute Gasteiger partial charge is 0.00338 e. The first-order chi connectivity index (χ1) is 7.26. The van der Waals surface area contributed by atoms with Crippen LogP contribution in [0.15, 0.2) is 0 Å². The van der Waals surface area contributed by atoms with E-state index in [2.05, 4.69) is 34.7 Å². The van der Waals surface area contributed by atoms with Crippen LogP contribution in [-0.2, 0) is 0 Å². The molecule has 15 heavy (non-hydrogen) atoms. The zero-order chi connectivity index (χ0) is 11.1. The minimum atomic E-state index is 0.875. The van der Waals surface area contributed by atoms with Crippen LogP contribution in [0.1, 0.15) is 46.0 Å². The molecule has 0 aromatic rings. The average molecular weight is 276 g/mol. The van der Waals surface area contributed by atoms with Gasteiger partial charge in [-0.1, -0.05) is 36.2 Å². The maximum atomic E-state index is 3.52. The molecule has 1 saturated carbocycles. The predicted octanol–water partition coefficient (Wildman–Crippen LogP) is 3.92. The van der Waals surface area contributed by atoms with Crippen LogP contribution in [0, 0.1) is 11.8 Å². The number of halogens is 1. The van der Waals surface area contributed by atoms with Gasteiger partial charge in [0.2, 0.25) is 0 Å². The summed E-state index contributed by atoms with van der Waals surface area (Å²) in [5, 5.41) is 1.16. The monoisotopic (exact) mass is 275 g/mol. The Morgan fingerprint density at radius 1 is 1.33 bits per heavy atom. The average Bonchev–Trinajstić information content (AvgIpc) is 2.16. The van der Waals surface area contributed by atoms with Crippen molar-refractivity contribution in [2.45, 2.75) is 46.0 Å². The molecule has 0 N–H and O–H groups in total. The summed E-state index contributed by atoms with van der Waals surface area (Å²) < 4.78 is 0. The molecule has 1 aliphatic carbocycles. The minimum absolute atomic E-state index is 0.875. The molecule has 0 aromatic carbocycles. The molecule has 0 heterocycles. The van der Waals surface area contributed by atoms with Gasteiger partial charge in [-0.25, -0.2) is 0 Å². The van der Waals surface area contributed by atoms with Gasteiger partial charge in [-0.3, -0.25) is 0 Å². The highest BCUT2D eigenvalue weighted by atomic mass is 79.9. The van der Waals surface area contributed by atoms with E-state index in [-0.39, 0.29) is 0 Å². The normalized spacial score (nSPS) is 19.2. The van der Waals surface area contributed by atoms with Gasteiger partial charge in [0.25, 0.3) is 0 Å². The van der Waals surface area contributed by atoms with E-state index in [9.17, 15) is 0 Å². The van der Waals surface area contributed by atoms with E-state index < -0.39 is 0 Å². The molecule has 1 rings (SSSR count). The molecule has 0 spiro atoms. The second kappa shape index (κ2) is 7.67. The Hall–Kier alpha value is 0.440. The molecule has 0 amide bonds. The molecular formula is C13H26BrN. The van der Waals surface area contributed by atoms with Crippen molar-refractivity contribution in [1.82, 2.24) is 4.90 Å². The number of nitrogens with zero attached hydrogens (tertiary/aromatic N) is 1. The summed E-state index contributed by atoms with van der Waals surface area (Å²) >= 11 is 3.52. The van der Waals surface area contributed by atoms with Gasteiger partial charge in [0, 0.05) is 11.9 Å². The third-order valence-electron chi connectivity index (χ3n) is 3.73. The molecule has 0 aromatic heterocycles. The number of alkyl halides is 1. The summed E-state index contributed by atoms with van der Waals surface area (Å²) in [4.78, 5) is 2.65. The zero-order valence-corrected chi connectivity index (χ0v) is 11.9. The number of hydrogen-bond acceptors (Lipinski definition) is 1. The van der Waals surface area contributed by atoms with Gasteiger partial charge < -0.3 is 4.90 Å². The van der Waals surface area contributed by atoms with Crippen LogP contribution < -0.4 is 0 Å². The topological polar surface area (TPSA) is 3.24 Å². The Labute approximate surface area is 104 Å². The van der Waals surface area contributed by atoms with E-state index in [0.717, 1.165) is 17.2 Å². The lowest BCUT2D eigenvalue weighted by Crippen LogP contribution is -2.33. The van der Waals surface area contributed by atoms with Crippen LogP contribution in [0.3, 0.4) is 0 Å². The van der Waals surface area contributed by atoms with Crippen molar-refractivity contribution in [1.29, 1.82) is 0 Å². The third kappa shape index (κ3) is 5.35. The highest BCUT2D eigenvalue weighted by molar-refractivity contribution is 9.09. The van der Waals surface area contributed by atoms with Crippen LogP contribution in [0.25, 0.3) is 0 Å². The Morgan fingerprint density at radius 2 is 2.07 bits per heavy atom. The second-order valence-corrected chi connectivity index (χ2v) is 5.85. The summed E-state index contributed by atoms with van der Waals surface area (Å²) in [6, 6.07) is 0. The van der Waals surface area contributed by atoms with Crippen molar-refractivity contribution in [2.24, 2.45) is 11.8 Å². The lowest BCUT2D eigenvalue weighted by molar-refractivity contribution is 0.176. The van der Waals surface area contributed by atoms with Gasteiger partial charge in [-0.15, -0.1) is 0 Å². The number of rotatable bonds is 8. The van der Waals surface area contributed by atoms with Crippen molar-refractivity contribution in [2.75, 3.05) is 25.0 Å². The Kier molecular flexibility index (Phi) is 6.91. The Balaban J connectivity index is 2.09. The van der Waals surface area contributed by atoms with E-state index >= 15 is 0 Å². The summed E-state index contributed by atoms with van der Waals surface area (Å²) in [7, 11) is 0. The maximum absolute atomic E-state index is 3.52. The van der Waals surface area contributed by atoms with Crippen LogP contribution >= 0.6 is 15.9 Å². The molecule has 1 aliphatic rings. The van der Waals surface area contributed by atoms with Crippen LogP contribution in [0.5, 0.6) is 0 Å². The molecule has 1 atom stereocenters. The highest BCUT2D eigenvalue weighted by Gasteiger charge is 2.19. The van der Waals surface area contributed by atoms with E-state index in [4.69, 9.17) is 0 Å². The first-order valence-corrected chi connectivity index (χ1v) is 7.66. The van der Waals surface area contributed by atoms with Crippen molar-refractivity contribution < 1.29 is 0 Å². The molecule has 1 nitrogen and oxygen atoms in total. The standard InChI is InChI=1S/C13H26BrN/c1-3-15(11-13-5-4-6-13)10-8-12(2)7-9-14/h12-13H,3-11H2,1-2H3. The molecule has 0 bridgehead atoms. The fraction of sp³-hybridized carbons (Fsp3) is 1.00. The Morgan fingerprint density at radius 3 is 2.53 bits per heavy atom. The molecule has 0 aliphatic heterocycles. The summed E-state index contributed by atoms with van der Waals surface area (Å²) in [5.74, 6) is 1.90. The predicted molar refractivity (Wildman–Crippen MR) is 71.6 cm³/mol. The molecule has 90 valence electrons. The van der Waals surface area contributed by atoms with Gasteiger partial charge in [-0.05, 0) is 50.6 Å². The second-order valence-electron chi connectivity index (χ2n) is 5.06. The third-order valence-corrected chi connectivity index (χ3v) is 4.19. The van der Waals surface area contributed by atoms with Crippen LogP contribution in [0.2, 0.25) is 0 Å². The van der Waals surface area contributed by atoms with Crippen molar-refractivity contribution in [3.8, 4) is 0 Å². The lowest BCUT2D eigenvalue weighted by atomic mass is 9.85. The number of hydrogen-bond donors (Lipinski definition) is 0. The first kappa shape index (κ1) is 13.5. The molecule has 1 fully saturated rings. The minimum Gasteiger partial charge on any atom is -0.303 e. The molecule has 1 unspecified atom stereocenters. The van der Waals surface area contributed by atoms with Gasteiger partial charge in [-0.2, -0.15) is 0 Å². The van der Waals surface area contributed by atoms with Crippen molar-refractivity contribution >= 4 is 15.9 Å². The molecular weight excluding hydrogens is 250 g/mol. The first-order valence-electron chi connectivity index (χ1n) is 6.54. The van der Waals surface area contributed by atoms with E-state index in [1.807, 2.05) is 0 Å². The summed E-state index contributed by atoms with van der Waals surface area (Å²) in [6.45, 7) is 8.57. The molecule has 0 radical (unpaired) electrons. The van der Waals surface area contributed by atoms with Gasteiger partial charge >= 0.3 is 0 Å². The van der Waals surface area contributed by atoms with Crippen LogP contribution in [-0.4, -0.2) is 29.9 Å². The van der Waals surface area contributed by atoms with Gasteiger partial charge in [0.05, 0.1) is 0 Å². The highest BCUT2D eigenvalue weighted by Crippen LogP contribution is 2.27. The maximum Gasteiger partial charge on any atom is 0.00338 e. The Bertz CT molecular complexity index is 157. The molecule has 2 heteroatoms. The van der Waals surface area contributed by atoms with E-state index in [1.165, 1.54) is 51.7 Å². The zero-order valence-electron chi connectivity index (χ0n) is 10.3. The fourth-order valence-electron chi connectivity index (χ4n) is 2.15. The quantitative estimate of drug-likeness (QED) is 0.607. The van der Waals surface area contributed by atoms with E-state index in [0.29, 0.717) is 0 Å². The van der Waals surface area contributed by atoms with Crippen molar-refractivity contribution in [3.63, 3.8) is 0 Å². The summed E-state index contributed by atoms with van der Waals surface area (Å²) in [5.41, 5.74) is 0. The van der Waals surface area contributed by atoms with Crippen molar-refractivity contribution in [3.05, 3.63) is 0 Å². The molecule has 0 saturated heterocycles. The summed E-state index contributed by atoms with van der Waals surface area (Å²) in [6.07, 6.45) is 7.12. The van der Waals surface area contributed by atoms with Gasteiger partial charge in [0.15, 0.2) is 0 Å². The SMILES string of the molecule is CCN(CCC(C)CCBr)CC1CCC1. The van der Waals surface area contributed by atoms with E-state index in [1.54, 1.807) is 0 Å².